The van der Waals surface area contributed by atoms with Crippen molar-refractivity contribution in [1.29, 1.82) is 0 Å². The minimum Gasteiger partial charge on any atom is -0.374 e. The molecule has 20 heavy (non-hydrogen) atoms. The molecule has 1 nitrogen and oxygen atoms in total. The normalized spacial score (nSPS) is 18.2. The Morgan fingerprint density at radius 1 is 1.00 bits per heavy atom. The van der Waals surface area contributed by atoms with Crippen LogP contribution in [-0.4, -0.2) is 6.61 Å². The van der Waals surface area contributed by atoms with Gasteiger partial charge in [0.25, 0.3) is 0 Å². The molecule has 106 valence electrons. The number of fused-ring (bicyclic) bond motifs is 1. The van der Waals surface area contributed by atoms with Crippen LogP contribution in [0.3, 0.4) is 0 Å². The van der Waals surface area contributed by atoms with E-state index < -0.39 is 0 Å². The highest BCUT2D eigenvalue weighted by molar-refractivity contribution is 5.83. The molecule has 0 aliphatic heterocycles. The van der Waals surface area contributed by atoms with Crippen LogP contribution < -0.4 is 0 Å². The Hall–Kier alpha value is -1.34. The second kappa shape index (κ2) is 6.41. The summed E-state index contributed by atoms with van der Waals surface area (Å²) in [6.07, 6.45) is 7.09. The average molecular weight is 268 g/mol. The zero-order chi connectivity index (χ0) is 13.8. The summed E-state index contributed by atoms with van der Waals surface area (Å²) < 4.78 is 6.12. The van der Waals surface area contributed by atoms with Crippen LogP contribution in [0.1, 0.15) is 50.7 Å². The minimum absolute atomic E-state index is 0.196. The fraction of sp³-hybridized carbons (Fsp3) is 0.474. The van der Waals surface area contributed by atoms with E-state index in [2.05, 4.69) is 49.4 Å². The van der Waals surface area contributed by atoms with Crippen molar-refractivity contribution in [3.8, 4) is 0 Å². The summed E-state index contributed by atoms with van der Waals surface area (Å²) in [5.74, 6) is 0.784. The summed E-state index contributed by atoms with van der Waals surface area (Å²) in [5.41, 5.74) is 1.29. The first-order valence-electron chi connectivity index (χ1n) is 7.93. The van der Waals surface area contributed by atoms with Gasteiger partial charge in [0.15, 0.2) is 0 Å². The maximum atomic E-state index is 6.12. The van der Waals surface area contributed by atoms with Gasteiger partial charge in [-0.1, -0.05) is 55.7 Å². The van der Waals surface area contributed by atoms with E-state index in [9.17, 15) is 0 Å². The summed E-state index contributed by atoms with van der Waals surface area (Å²) in [4.78, 5) is 0. The molecule has 1 atom stereocenters. The molecule has 2 aromatic carbocycles. The fourth-order valence-corrected chi connectivity index (χ4v) is 3.19. The summed E-state index contributed by atoms with van der Waals surface area (Å²) in [5, 5.41) is 2.61. The van der Waals surface area contributed by atoms with Gasteiger partial charge in [-0.3, -0.25) is 0 Å². The summed E-state index contributed by atoms with van der Waals surface area (Å²) in [6, 6.07) is 15.2. The third-order valence-electron chi connectivity index (χ3n) is 4.55. The average Bonchev–Trinajstić information content (AvgIpc) is 2.53. The lowest BCUT2D eigenvalue weighted by Gasteiger charge is -2.23. The molecule has 2 aromatic rings. The van der Waals surface area contributed by atoms with E-state index in [0.717, 1.165) is 12.5 Å². The van der Waals surface area contributed by atoms with Gasteiger partial charge in [-0.05, 0) is 48.1 Å². The lowest BCUT2D eigenvalue weighted by Crippen LogP contribution is -2.14. The van der Waals surface area contributed by atoms with Crippen molar-refractivity contribution in [3.63, 3.8) is 0 Å². The quantitative estimate of drug-likeness (QED) is 0.711. The summed E-state index contributed by atoms with van der Waals surface area (Å²) in [7, 11) is 0. The first-order chi connectivity index (χ1) is 9.83. The van der Waals surface area contributed by atoms with Gasteiger partial charge in [-0.2, -0.15) is 0 Å². The lowest BCUT2D eigenvalue weighted by molar-refractivity contribution is 0.0303. The highest BCUT2D eigenvalue weighted by atomic mass is 16.5. The molecule has 1 saturated carbocycles. The van der Waals surface area contributed by atoms with E-state index in [1.54, 1.807) is 0 Å². The SMILES string of the molecule is CC(OCC1CCCCC1)c1ccc2ccccc2c1. The maximum absolute atomic E-state index is 6.12. The van der Waals surface area contributed by atoms with E-state index in [0.29, 0.717) is 0 Å². The Labute approximate surface area is 122 Å². The molecule has 1 unspecified atom stereocenters. The van der Waals surface area contributed by atoms with Gasteiger partial charge in [0, 0.05) is 0 Å². The minimum atomic E-state index is 0.196. The second-order valence-corrected chi connectivity index (χ2v) is 6.09. The Kier molecular flexibility index (Phi) is 4.37. The number of rotatable bonds is 4. The van der Waals surface area contributed by atoms with Crippen molar-refractivity contribution in [1.82, 2.24) is 0 Å². The van der Waals surface area contributed by atoms with E-state index >= 15 is 0 Å². The molecule has 1 aliphatic carbocycles. The van der Waals surface area contributed by atoms with Gasteiger partial charge in [0.2, 0.25) is 0 Å². The Morgan fingerprint density at radius 3 is 2.55 bits per heavy atom. The molecule has 0 amide bonds. The Balaban J connectivity index is 1.64. The second-order valence-electron chi connectivity index (χ2n) is 6.09. The van der Waals surface area contributed by atoms with Gasteiger partial charge in [0.1, 0.15) is 0 Å². The molecule has 0 N–H and O–H groups in total. The first kappa shape index (κ1) is 13.6. The number of hydrogen-bond acceptors (Lipinski definition) is 1. The number of ether oxygens (including phenoxy) is 1. The van der Waals surface area contributed by atoms with Gasteiger partial charge >= 0.3 is 0 Å². The Morgan fingerprint density at radius 2 is 1.75 bits per heavy atom. The van der Waals surface area contributed by atoms with Crippen LogP contribution in [0.15, 0.2) is 42.5 Å². The van der Waals surface area contributed by atoms with Gasteiger partial charge in [-0.15, -0.1) is 0 Å². The Bertz CT molecular complexity index is 554. The van der Waals surface area contributed by atoms with Crippen LogP contribution in [0.2, 0.25) is 0 Å². The standard InChI is InChI=1S/C19H24O/c1-15(20-14-16-7-3-2-4-8-16)18-12-11-17-9-5-6-10-19(17)13-18/h5-6,9-13,15-16H,2-4,7-8,14H2,1H3. The van der Waals surface area contributed by atoms with Crippen LogP contribution in [0.5, 0.6) is 0 Å². The maximum Gasteiger partial charge on any atom is 0.0797 e. The van der Waals surface area contributed by atoms with Crippen molar-refractivity contribution in [2.24, 2.45) is 5.92 Å². The molecule has 0 heterocycles. The van der Waals surface area contributed by atoms with Crippen molar-refractivity contribution in [2.75, 3.05) is 6.61 Å². The molecule has 3 rings (SSSR count). The topological polar surface area (TPSA) is 9.23 Å². The van der Waals surface area contributed by atoms with E-state index in [4.69, 9.17) is 4.74 Å². The first-order valence-corrected chi connectivity index (χ1v) is 7.93. The van der Waals surface area contributed by atoms with Gasteiger partial charge in [-0.25, -0.2) is 0 Å². The number of hydrogen-bond donors (Lipinski definition) is 0. The molecule has 1 fully saturated rings. The smallest absolute Gasteiger partial charge is 0.0797 e. The van der Waals surface area contributed by atoms with Crippen LogP contribution in [0.4, 0.5) is 0 Å². The largest absolute Gasteiger partial charge is 0.374 e. The molecule has 0 aromatic heterocycles. The molecule has 0 radical (unpaired) electrons. The molecule has 0 saturated heterocycles. The molecular weight excluding hydrogens is 244 g/mol. The third kappa shape index (κ3) is 3.21. The molecule has 1 heteroatoms. The fourth-order valence-electron chi connectivity index (χ4n) is 3.19. The van der Waals surface area contributed by atoms with E-state index in [-0.39, 0.29) is 6.10 Å². The zero-order valence-corrected chi connectivity index (χ0v) is 12.3. The van der Waals surface area contributed by atoms with Crippen LogP contribution in [0.25, 0.3) is 10.8 Å². The van der Waals surface area contributed by atoms with Crippen molar-refractivity contribution < 1.29 is 4.74 Å². The number of benzene rings is 2. The summed E-state index contributed by atoms with van der Waals surface area (Å²) in [6.45, 7) is 3.10. The van der Waals surface area contributed by atoms with Crippen molar-refractivity contribution in [3.05, 3.63) is 48.0 Å². The highest BCUT2D eigenvalue weighted by Gasteiger charge is 2.15. The highest BCUT2D eigenvalue weighted by Crippen LogP contribution is 2.27. The molecular formula is C19H24O. The zero-order valence-electron chi connectivity index (χ0n) is 12.3. The molecule has 1 aliphatic rings. The van der Waals surface area contributed by atoms with Crippen molar-refractivity contribution in [2.45, 2.75) is 45.1 Å². The van der Waals surface area contributed by atoms with Crippen molar-refractivity contribution >= 4 is 10.8 Å². The van der Waals surface area contributed by atoms with E-state index in [1.165, 1.54) is 48.4 Å². The monoisotopic (exact) mass is 268 g/mol. The third-order valence-corrected chi connectivity index (χ3v) is 4.55. The van der Waals surface area contributed by atoms with Crippen LogP contribution in [-0.2, 0) is 4.74 Å². The summed E-state index contributed by atoms with van der Waals surface area (Å²) >= 11 is 0. The lowest BCUT2D eigenvalue weighted by atomic mass is 9.90. The van der Waals surface area contributed by atoms with E-state index in [1.807, 2.05) is 0 Å². The van der Waals surface area contributed by atoms with Gasteiger partial charge in [0.05, 0.1) is 12.7 Å². The predicted molar refractivity (Wildman–Crippen MR) is 84.9 cm³/mol. The van der Waals surface area contributed by atoms with Crippen LogP contribution in [0, 0.1) is 5.92 Å². The van der Waals surface area contributed by atoms with Crippen LogP contribution >= 0.6 is 0 Å². The van der Waals surface area contributed by atoms with Gasteiger partial charge < -0.3 is 4.74 Å². The predicted octanol–water partition coefficient (Wildman–Crippen LogP) is 5.50. The molecule has 0 bridgehead atoms. The molecule has 0 spiro atoms.